The van der Waals surface area contributed by atoms with Crippen LogP contribution in [-0.4, -0.2) is 19.5 Å². The second-order valence-electron chi connectivity index (χ2n) is 6.34. The number of aromatic carboxylic acids is 1. The molecule has 0 spiro atoms. The van der Waals surface area contributed by atoms with E-state index in [1.807, 2.05) is 20.8 Å². The molecule has 0 unspecified atom stereocenters. The third-order valence-electron chi connectivity index (χ3n) is 5.01. The summed E-state index contributed by atoms with van der Waals surface area (Å²) in [4.78, 5) is 11.5. The van der Waals surface area contributed by atoms with Crippen molar-refractivity contribution < 1.29 is 18.3 Å². The second kappa shape index (κ2) is 6.52. The smallest absolute Gasteiger partial charge is 0.336 e. The minimum absolute atomic E-state index is 0.0740. The molecule has 0 amide bonds. The number of sulfonamides is 1. The first-order chi connectivity index (χ1) is 11.5. The summed E-state index contributed by atoms with van der Waals surface area (Å²) < 4.78 is 28.6. The van der Waals surface area contributed by atoms with E-state index >= 15 is 0 Å². The molecule has 0 heterocycles. The van der Waals surface area contributed by atoms with E-state index in [2.05, 4.69) is 4.72 Å². The highest BCUT2D eigenvalue weighted by Crippen LogP contribution is 2.31. The van der Waals surface area contributed by atoms with E-state index in [9.17, 15) is 18.3 Å². The van der Waals surface area contributed by atoms with Crippen molar-refractivity contribution in [3.8, 4) is 0 Å². The van der Waals surface area contributed by atoms with Gasteiger partial charge in [-0.2, -0.15) is 0 Å². The number of carboxylic acid groups (broad SMARTS) is 1. The number of rotatable bonds is 4. The fourth-order valence-electron chi connectivity index (χ4n) is 3.04. The monoisotopic (exact) mass is 361 g/mol. The first-order valence-corrected chi connectivity index (χ1v) is 9.40. The Morgan fingerprint density at radius 3 is 1.80 bits per heavy atom. The highest BCUT2D eigenvalue weighted by molar-refractivity contribution is 7.92. The number of nitrogens with one attached hydrogen (secondary N) is 1. The van der Waals surface area contributed by atoms with Crippen molar-refractivity contribution in [3.63, 3.8) is 0 Å². The number of benzene rings is 2. The Labute approximate surface area is 148 Å². The molecule has 0 fully saturated rings. The largest absolute Gasteiger partial charge is 0.478 e. The maximum Gasteiger partial charge on any atom is 0.336 e. The van der Waals surface area contributed by atoms with Gasteiger partial charge in [-0.25, -0.2) is 13.2 Å². The normalized spacial score (nSPS) is 11.4. The van der Waals surface area contributed by atoms with Crippen LogP contribution in [0.15, 0.2) is 23.1 Å². The molecule has 0 saturated heterocycles. The molecule has 0 saturated carbocycles. The van der Waals surface area contributed by atoms with Gasteiger partial charge < -0.3 is 5.11 Å². The van der Waals surface area contributed by atoms with Gasteiger partial charge in [0, 0.05) is 0 Å². The summed E-state index contributed by atoms with van der Waals surface area (Å²) in [5.41, 5.74) is 5.12. The molecule has 0 aliphatic heterocycles. The van der Waals surface area contributed by atoms with Crippen LogP contribution in [0.4, 0.5) is 5.69 Å². The number of anilines is 1. The van der Waals surface area contributed by atoms with Crippen LogP contribution >= 0.6 is 0 Å². The molecule has 6 heteroatoms. The Bertz CT molecular complexity index is 946. The van der Waals surface area contributed by atoms with Crippen LogP contribution in [0, 0.1) is 41.5 Å². The van der Waals surface area contributed by atoms with Crippen molar-refractivity contribution in [2.75, 3.05) is 4.72 Å². The molecule has 25 heavy (non-hydrogen) atoms. The van der Waals surface area contributed by atoms with E-state index < -0.39 is 16.0 Å². The van der Waals surface area contributed by atoms with E-state index in [0.29, 0.717) is 16.7 Å². The van der Waals surface area contributed by atoms with Crippen LogP contribution in [0.1, 0.15) is 43.7 Å². The van der Waals surface area contributed by atoms with E-state index in [-0.39, 0.29) is 16.1 Å². The third kappa shape index (κ3) is 3.26. The zero-order valence-electron chi connectivity index (χ0n) is 15.3. The molecule has 2 aromatic carbocycles. The van der Waals surface area contributed by atoms with Crippen LogP contribution in [0.2, 0.25) is 0 Å². The summed E-state index contributed by atoms with van der Waals surface area (Å²) in [5, 5.41) is 9.22. The predicted octanol–water partition coefficient (Wildman–Crippen LogP) is 4.04. The van der Waals surface area contributed by atoms with E-state index in [1.54, 1.807) is 26.8 Å². The number of hydrogen-bond donors (Lipinski definition) is 2. The lowest BCUT2D eigenvalue weighted by atomic mass is 9.95. The van der Waals surface area contributed by atoms with Crippen molar-refractivity contribution in [1.82, 2.24) is 0 Å². The molecule has 0 aliphatic carbocycles. The van der Waals surface area contributed by atoms with Gasteiger partial charge in [-0.05, 0) is 87.1 Å². The zero-order valence-corrected chi connectivity index (χ0v) is 16.1. The Balaban J connectivity index is 2.64. The number of carboxylic acids is 1. The molecule has 0 aromatic heterocycles. The summed E-state index contributed by atoms with van der Waals surface area (Å²) >= 11 is 0. The predicted molar refractivity (Wildman–Crippen MR) is 99.1 cm³/mol. The summed E-state index contributed by atoms with van der Waals surface area (Å²) in [6, 6.07) is 4.55. The van der Waals surface area contributed by atoms with Crippen molar-refractivity contribution in [1.29, 1.82) is 0 Å². The second-order valence-corrected chi connectivity index (χ2v) is 7.96. The summed E-state index contributed by atoms with van der Waals surface area (Å²) in [6.45, 7) is 11.0. The van der Waals surface area contributed by atoms with Crippen molar-refractivity contribution in [3.05, 3.63) is 57.1 Å². The summed E-state index contributed by atoms with van der Waals surface area (Å²) in [6.07, 6.45) is 0. The Morgan fingerprint density at radius 2 is 1.32 bits per heavy atom. The Hall–Kier alpha value is -2.34. The lowest BCUT2D eigenvalue weighted by molar-refractivity contribution is 0.0696. The highest BCUT2D eigenvalue weighted by atomic mass is 32.2. The molecule has 0 atom stereocenters. The van der Waals surface area contributed by atoms with Gasteiger partial charge in [0.25, 0.3) is 10.0 Å². The average molecular weight is 361 g/mol. The quantitative estimate of drug-likeness (QED) is 0.861. The van der Waals surface area contributed by atoms with Crippen LogP contribution < -0.4 is 4.72 Å². The molecule has 5 nitrogen and oxygen atoms in total. The molecule has 134 valence electrons. The zero-order chi connectivity index (χ0) is 19.1. The van der Waals surface area contributed by atoms with Gasteiger partial charge in [-0.3, -0.25) is 4.72 Å². The molecule has 0 aliphatic rings. The number of hydrogen-bond acceptors (Lipinski definition) is 3. The van der Waals surface area contributed by atoms with Gasteiger partial charge in [0.2, 0.25) is 0 Å². The van der Waals surface area contributed by atoms with E-state index in [4.69, 9.17) is 0 Å². The summed E-state index contributed by atoms with van der Waals surface area (Å²) in [5.74, 6) is -1.09. The van der Waals surface area contributed by atoms with Gasteiger partial charge in [-0.15, -0.1) is 0 Å². The maximum absolute atomic E-state index is 13.0. The molecular weight excluding hydrogens is 338 g/mol. The van der Waals surface area contributed by atoms with Gasteiger partial charge >= 0.3 is 5.97 Å². The molecule has 0 radical (unpaired) electrons. The van der Waals surface area contributed by atoms with E-state index in [0.717, 1.165) is 16.7 Å². The fraction of sp³-hybridized carbons (Fsp3) is 0.316. The van der Waals surface area contributed by atoms with Gasteiger partial charge in [-0.1, -0.05) is 6.07 Å². The molecule has 2 rings (SSSR count). The van der Waals surface area contributed by atoms with Crippen LogP contribution in [-0.2, 0) is 10.0 Å². The van der Waals surface area contributed by atoms with Gasteiger partial charge in [0.1, 0.15) is 0 Å². The van der Waals surface area contributed by atoms with Crippen LogP contribution in [0.25, 0.3) is 0 Å². The fourth-order valence-corrected chi connectivity index (χ4v) is 4.77. The lowest BCUT2D eigenvalue weighted by Gasteiger charge is -2.20. The first-order valence-electron chi connectivity index (χ1n) is 7.91. The third-order valence-corrected chi connectivity index (χ3v) is 6.65. The number of carbonyl (C=O) groups is 1. The van der Waals surface area contributed by atoms with Crippen molar-refractivity contribution in [2.45, 2.75) is 46.4 Å². The Kier molecular flexibility index (Phi) is 4.95. The highest BCUT2D eigenvalue weighted by Gasteiger charge is 2.24. The SMILES string of the molecule is Cc1c(NS(=O)(=O)c2c(C)c(C)c(C)c(C)c2C)cccc1C(=O)O. The Morgan fingerprint density at radius 1 is 0.840 bits per heavy atom. The summed E-state index contributed by atoms with van der Waals surface area (Å²) in [7, 11) is -3.84. The minimum atomic E-state index is -3.84. The van der Waals surface area contributed by atoms with Crippen molar-refractivity contribution >= 4 is 21.7 Å². The van der Waals surface area contributed by atoms with Crippen LogP contribution in [0.3, 0.4) is 0 Å². The topological polar surface area (TPSA) is 83.5 Å². The van der Waals surface area contributed by atoms with Crippen LogP contribution in [0.5, 0.6) is 0 Å². The average Bonchev–Trinajstić information content (AvgIpc) is 2.52. The molecule has 0 bridgehead atoms. The maximum atomic E-state index is 13.0. The van der Waals surface area contributed by atoms with Gasteiger partial charge in [0.05, 0.1) is 16.1 Å². The molecular formula is C19H23NO4S. The molecule has 2 N–H and O–H groups in total. The van der Waals surface area contributed by atoms with Crippen molar-refractivity contribution in [2.24, 2.45) is 0 Å². The van der Waals surface area contributed by atoms with Gasteiger partial charge in [0.15, 0.2) is 0 Å². The van der Waals surface area contributed by atoms with E-state index in [1.165, 1.54) is 12.1 Å². The standard InChI is InChI=1S/C19H23NO4S/c1-10-11(2)13(4)18(14(5)12(10)3)25(23,24)20-17-9-7-8-16(15(17)6)19(21)22/h7-9,20H,1-6H3,(H,21,22). The minimum Gasteiger partial charge on any atom is -0.478 e. The molecule has 2 aromatic rings. The lowest BCUT2D eigenvalue weighted by Crippen LogP contribution is -2.18. The first kappa shape index (κ1) is 19.0.